The molecule has 0 radical (unpaired) electrons. The van der Waals surface area contributed by atoms with E-state index in [9.17, 15) is 4.39 Å². The third-order valence-electron chi connectivity index (χ3n) is 2.98. The van der Waals surface area contributed by atoms with E-state index in [2.05, 4.69) is 21.4 Å². The number of benzene rings is 2. The molecule has 0 saturated carbocycles. The Morgan fingerprint density at radius 1 is 1.24 bits per heavy atom. The summed E-state index contributed by atoms with van der Waals surface area (Å²) in [5, 5.41) is 0.658. The Labute approximate surface area is 136 Å². The SMILES string of the molecule is NNC(COc1ccc(Cl)cc1)Cc1ccc(F)cc1Br. The Bertz CT molecular complexity index is 595. The Morgan fingerprint density at radius 3 is 2.57 bits per heavy atom. The van der Waals surface area contributed by atoms with E-state index in [-0.39, 0.29) is 11.9 Å². The molecule has 0 amide bonds. The standard InChI is InChI=1S/C15H15BrClFN2O/c16-15-8-12(18)4-1-10(15)7-13(20-19)9-21-14-5-2-11(17)3-6-14/h1-6,8,13,20H,7,9,19H2. The number of halogens is 3. The van der Waals surface area contributed by atoms with Crippen LogP contribution in [0.4, 0.5) is 4.39 Å². The maximum atomic E-state index is 13.1. The molecule has 3 N–H and O–H groups in total. The van der Waals surface area contributed by atoms with Gasteiger partial charge in [0.15, 0.2) is 0 Å². The van der Waals surface area contributed by atoms with Crippen LogP contribution < -0.4 is 16.0 Å². The summed E-state index contributed by atoms with van der Waals surface area (Å²) in [5.74, 6) is 5.99. The van der Waals surface area contributed by atoms with Crippen LogP contribution in [0.1, 0.15) is 5.56 Å². The van der Waals surface area contributed by atoms with Crippen molar-refractivity contribution < 1.29 is 9.13 Å². The highest BCUT2D eigenvalue weighted by Gasteiger charge is 2.11. The summed E-state index contributed by atoms with van der Waals surface area (Å²) in [6.45, 7) is 0.391. The molecule has 1 unspecified atom stereocenters. The van der Waals surface area contributed by atoms with Crippen molar-refractivity contribution >= 4 is 27.5 Å². The van der Waals surface area contributed by atoms with Crippen LogP contribution in [-0.4, -0.2) is 12.6 Å². The average Bonchev–Trinajstić information content (AvgIpc) is 2.47. The summed E-state index contributed by atoms with van der Waals surface area (Å²) in [6, 6.07) is 11.6. The normalized spacial score (nSPS) is 12.2. The fourth-order valence-corrected chi connectivity index (χ4v) is 2.49. The fourth-order valence-electron chi connectivity index (χ4n) is 1.85. The van der Waals surface area contributed by atoms with Gasteiger partial charge >= 0.3 is 0 Å². The first kappa shape index (κ1) is 16.2. The van der Waals surface area contributed by atoms with Gasteiger partial charge in [0, 0.05) is 9.50 Å². The zero-order valence-corrected chi connectivity index (χ0v) is 13.5. The molecule has 112 valence electrons. The van der Waals surface area contributed by atoms with Crippen LogP contribution in [0.5, 0.6) is 5.75 Å². The predicted molar refractivity (Wildman–Crippen MR) is 85.9 cm³/mol. The molecule has 0 aliphatic heterocycles. The molecular formula is C15H15BrClFN2O. The second kappa shape index (κ2) is 7.75. The van der Waals surface area contributed by atoms with Crippen molar-refractivity contribution in [2.24, 2.45) is 5.84 Å². The van der Waals surface area contributed by atoms with Crippen LogP contribution in [0.25, 0.3) is 0 Å². The maximum Gasteiger partial charge on any atom is 0.124 e. The minimum atomic E-state index is -0.278. The number of ether oxygens (including phenoxy) is 1. The predicted octanol–water partition coefficient (Wildman–Crippen LogP) is 3.70. The van der Waals surface area contributed by atoms with Crippen molar-refractivity contribution in [2.45, 2.75) is 12.5 Å². The summed E-state index contributed by atoms with van der Waals surface area (Å²) in [7, 11) is 0. The topological polar surface area (TPSA) is 47.3 Å². The Kier molecular flexibility index (Phi) is 5.99. The summed E-state index contributed by atoms with van der Waals surface area (Å²) >= 11 is 9.16. The molecule has 21 heavy (non-hydrogen) atoms. The molecule has 0 heterocycles. The van der Waals surface area contributed by atoms with Gasteiger partial charge in [-0.1, -0.05) is 33.6 Å². The van der Waals surface area contributed by atoms with E-state index >= 15 is 0 Å². The van der Waals surface area contributed by atoms with Gasteiger partial charge in [0.05, 0.1) is 6.04 Å². The van der Waals surface area contributed by atoms with Gasteiger partial charge in [0.1, 0.15) is 18.2 Å². The number of hydrogen-bond acceptors (Lipinski definition) is 3. The lowest BCUT2D eigenvalue weighted by atomic mass is 10.1. The van der Waals surface area contributed by atoms with Gasteiger partial charge in [-0.2, -0.15) is 0 Å². The summed E-state index contributed by atoms with van der Waals surface area (Å²) < 4.78 is 19.4. The van der Waals surface area contributed by atoms with Gasteiger partial charge in [0.25, 0.3) is 0 Å². The second-order valence-corrected chi connectivity index (χ2v) is 5.86. The van der Waals surface area contributed by atoms with Crippen molar-refractivity contribution in [1.29, 1.82) is 0 Å². The lowest BCUT2D eigenvalue weighted by molar-refractivity contribution is 0.264. The van der Waals surface area contributed by atoms with Crippen molar-refractivity contribution in [1.82, 2.24) is 5.43 Å². The first-order chi connectivity index (χ1) is 10.1. The highest BCUT2D eigenvalue weighted by molar-refractivity contribution is 9.10. The van der Waals surface area contributed by atoms with Crippen molar-refractivity contribution in [2.75, 3.05) is 6.61 Å². The van der Waals surface area contributed by atoms with Crippen molar-refractivity contribution in [3.05, 3.63) is 63.3 Å². The smallest absolute Gasteiger partial charge is 0.124 e. The molecule has 0 aliphatic carbocycles. The monoisotopic (exact) mass is 372 g/mol. The summed E-state index contributed by atoms with van der Waals surface area (Å²) in [4.78, 5) is 0. The molecular weight excluding hydrogens is 359 g/mol. The van der Waals surface area contributed by atoms with E-state index < -0.39 is 0 Å². The van der Waals surface area contributed by atoms with E-state index in [1.165, 1.54) is 12.1 Å². The zero-order chi connectivity index (χ0) is 15.2. The first-order valence-corrected chi connectivity index (χ1v) is 7.54. The lowest BCUT2D eigenvalue weighted by Crippen LogP contribution is -2.41. The number of rotatable bonds is 6. The van der Waals surface area contributed by atoms with E-state index in [0.717, 1.165) is 11.3 Å². The van der Waals surface area contributed by atoms with Gasteiger partial charge in [-0.3, -0.25) is 11.3 Å². The van der Waals surface area contributed by atoms with E-state index in [1.807, 2.05) is 0 Å². The third-order valence-corrected chi connectivity index (χ3v) is 3.97. The van der Waals surface area contributed by atoms with Crippen molar-refractivity contribution in [3.8, 4) is 5.75 Å². The van der Waals surface area contributed by atoms with E-state index in [4.69, 9.17) is 22.2 Å². The van der Waals surface area contributed by atoms with E-state index in [1.54, 1.807) is 30.3 Å². The Morgan fingerprint density at radius 2 is 1.95 bits per heavy atom. The highest BCUT2D eigenvalue weighted by atomic mass is 79.9. The highest BCUT2D eigenvalue weighted by Crippen LogP contribution is 2.20. The van der Waals surface area contributed by atoms with Gasteiger partial charge in [0.2, 0.25) is 0 Å². The molecule has 2 aromatic carbocycles. The van der Waals surface area contributed by atoms with Crippen LogP contribution in [0, 0.1) is 5.82 Å². The number of hydrazine groups is 1. The summed E-state index contributed by atoms with van der Waals surface area (Å²) in [6.07, 6.45) is 0.616. The molecule has 2 aromatic rings. The van der Waals surface area contributed by atoms with Gasteiger partial charge in [-0.15, -0.1) is 0 Å². The van der Waals surface area contributed by atoms with Crippen LogP contribution in [0.3, 0.4) is 0 Å². The van der Waals surface area contributed by atoms with Crippen LogP contribution in [0.2, 0.25) is 5.02 Å². The molecule has 0 spiro atoms. The van der Waals surface area contributed by atoms with Crippen LogP contribution in [0.15, 0.2) is 46.9 Å². The fraction of sp³-hybridized carbons (Fsp3) is 0.200. The second-order valence-electron chi connectivity index (χ2n) is 4.57. The first-order valence-electron chi connectivity index (χ1n) is 6.37. The van der Waals surface area contributed by atoms with Crippen molar-refractivity contribution in [3.63, 3.8) is 0 Å². The molecule has 6 heteroatoms. The van der Waals surface area contributed by atoms with Gasteiger partial charge in [-0.25, -0.2) is 4.39 Å². The number of hydrogen-bond donors (Lipinski definition) is 2. The quantitative estimate of drug-likeness (QED) is 0.599. The third kappa shape index (κ3) is 4.97. The molecule has 3 nitrogen and oxygen atoms in total. The largest absolute Gasteiger partial charge is 0.492 e. The molecule has 1 atom stereocenters. The van der Waals surface area contributed by atoms with Gasteiger partial charge in [-0.05, 0) is 48.4 Å². The molecule has 0 bridgehead atoms. The molecule has 2 rings (SSSR count). The number of nitrogens with one attached hydrogen (secondary N) is 1. The van der Waals surface area contributed by atoms with Gasteiger partial charge < -0.3 is 4.74 Å². The maximum absolute atomic E-state index is 13.1. The average molecular weight is 374 g/mol. The molecule has 0 saturated heterocycles. The Balaban J connectivity index is 1.95. The zero-order valence-electron chi connectivity index (χ0n) is 11.2. The molecule has 0 aromatic heterocycles. The number of nitrogens with two attached hydrogens (primary N) is 1. The lowest BCUT2D eigenvalue weighted by Gasteiger charge is -2.17. The molecule has 0 fully saturated rings. The van der Waals surface area contributed by atoms with Crippen LogP contribution >= 0.6 is 27.5 Å². The van der Waals surface area contributed by atoms with E-state index in [0.29, 0.717) is 22.5 Å². The Hall–Kier alpha value is -1.14. The van der Waals surface area contributed by atoms with Crippen LogP contribution in [-0.2, 0) is 6.42 Å². The summed E-state index contributed by atoms with van der Waals surface area (Å²) in [5.41, 5.74) is 3.67. The minimum Gasteiger partial charge on any atom is -0.492 e. The molecule has 0 aliphatic rings. The minimum absolute atomic E-state index is 0.0950.